The Balaban J connectivity index is 1.44. The summed E-state index contributed by atoms with van der Waals surface area (Å²) in [6, 6.07) is 16.2. The van der Waals surface area contributed by atoms with Crippen LogP contribution in [0.3, 0.4) is 0 Å². The minimum atomic E-state index is -0.324. The quantitative estimate of drug-likeness (QED) is 0.700. The highest BCUT2D eigenvalue weighted by molar-refractivity contribution is 6.30. The van der Waals surface area contributed by atoms with Crippen LogP contribution in [-0.2, 0) is 9.59 Å². The molecule has 3 rings (SSSR count). The molecule has 2 aromatic carbocycles. The van der Waals surface area contributed by atoms with Crippen LogP contribution in [0.25, 0.3) is 6.08 Å². The van der Waals surface area contributed by atoms with Crippen molar-refractivity contribution in [2.45, 2.75) is 6.42 Å². The van der Waals surface area contributed by atoms with Gasteiger partial charge in [-0.15, -0.1) is 0 Å². The van der Waals surface area contributed by atoms with Crippen molar-refractivity contribution in [2.24, 2.45) is 0 Å². The summed E-state index contributed by atoms with van der Waals surface area (Å²) in [5.74, 6) is -0.492. The van der Waals surface area contributed by atoms with Crippen LogP contribution in [0.5, 0.6) is 0 Å². The molecule has 31 heavy (non-hydrogen) atoms. The standard InChI is InChI=1S/C23H25ClN4O3/c24-19-8-4-9-20(16-19)26-23(31)28-13-5-12-27(14-15-28)22(30)17-25-21(29)11-10-18-6-2-1-3-7-18/h1-4,6-11,16H,5,12-15,17H2,(H,25,29)(H,26,31)/b11-10+. The van der Waals surface area contributed by atoms with E-state index in [2.05, 4.69) is 10.6 Å². The number of carbonyl (C=O) groups excluding carboxylic acids is 3. The van der Waals surface area contributed by atoms with Crippen molar-refractivity contribution in [1.29, 1.82) is 0 Å². The van der Waals surface area contributed by atoms with Crippen molar-refractivity contribution < 1.29 is 14.4 Å². The van der Waals surface area contributed by atoms with E-state index in [0.717, 1.165) is 5.56 Å². The number of anilines is 1. The summed E-state index contributed by atoms with van der Waals surface area (Å²) < 4.78 is 0. The number of nitrogens with zero attached hydrogens (tertiary/aromatic N) is 2. The molecule has 0 spiro atoms. The molecule has 7 nitrogen and oxygen atoms in total. The van der Waals surface area contributed by atoms with E-state index in [1.807, 2.05) is 30.3 Å². The molecule has 0 aliphatic carbocycles. The number of carbonyl (C=O) groups is 3. The number of halogens is 1. The zero-order chi connectivity index (χ0) is 22.1. The molecule has 2 N–H and O–H groups in total. The lowest BCUT2D eigenvalue weighted by molar-refractivity contribution is -0.131. The van der Waals surface area contributed by atoms with E-state index < -0.39 is 0 Å². The van der Waals surface area contributed by atoms with Crippen LogP contribution in [0.15, 0.2) is 60.7 Å². The molecular formula is C23H25ClN4O3. The number of hydrogen-bond acceptors (Lipinski definition) is 3. The van der Waals surface area contributed by atoms with Crippen molar-refractivity contribution >= 4 is 41.2 Å². The molecule has 8 heteroatoms. The third-order valence-electron chi connectivity index (χ3n) is 4.85. The molecule has 2 aromatic rings. The third-order valence-corrected chi connectivity index (χ3v) is 5.09. The van der Waals surface area contributed by atoms with E-state index in [4.69, 9.17) is 11.6 Å². The lowest BCUT2D eigenvalue weighted by atomic mass is 10.2. The first kappa shape index (κ1) is 22.4. The fourth-order valence-corrected chi connectivity index (χ4v) is 3.40. The van der Waals surface area contributed by atoms with Crippen molar-refractivity contribution in [3.8, 4) is 0 Å². The minimum absolute atomic E-state index is 0.0767. The summed E-state index contributed by atoms with van der Waals surface area (Å²) in [6.07, 6.45) is 3.77. The van der Waals surface area contributed by atoms with Crippen molar-refractivity contribution in [3.63, 3.8) is 0 Å². The van der Waals surface area contributed by atoms with Gasteiger partial charge in [-0.1, -0.05) is 48.0 Å². The second kappa shape index (κ2) is 11.2. The smallest absolute Gasteiger partial charge is 0.321 e. The van der Waals surface area contributed by atoms with Gasteiger partial charge < -0.3 is 20.4 Å². The molecule has 162 valence electrons. The molecular weight excluding hydrogens is 416 g/mol. The first-order valence-corrected chi connectivity index (χ1v) is 10.5. The van der Waals surface area contributed by atoms with Crippen LogP contribution in [0, 0.1) is 0 Å². The van der Waals surface area contributed by atoms with Crippen molar-refractivity contribution in [1.82, 2.24) is 15.1 Å². The van der Waals surface area contributed by atoms with Gasteiger partial charge in [-0.2, -0.15) is 0 Å². The molecule has 1 aliphatic rings. The predicted octanol–water partition coefficient (Wildman–Crippen LogP) is 3.24. The molecule has 1 fully saturated rings. The molecule has 0 atom stereocenters. The summed E-state index contributed by atoms with van der Waals surface area (Å²) in [6.45, 7) is 1.84. The Labute approximate surface area is 186 Å². The fourth-order valence-electron chi connectivity index (χ4n) is 3.21. The molecule has 1 saturated heterocycles. The molecule has 4 amide bonds. The molecule has 0 aromatic heterocycles. The maximum absolute atomic E-state index is 12.5. The number of urea groups is 1. The second-order valence-corrected chi connectivity index (χ2v) is 7.56. The summed E-state index contributed by atoms with van der Waals surface area (Å²) >= 11 is 5.95. The van der Waals surface area contributed by atoms with Crippen LogP contribution < -0.4 is 10.6 Å². The van der Waals surface area contributed by atoms with E-state index in [0.29, 0.717) is 43.3 Å². The first-order valence-electron chi connectivity index (χ1n) is 10.1. The molecule has 1 aliphatic heterocycles. The highest BCUT2D eigenvalue weighted by Crippen LogP contribution is 2.16. The van der Waals surface area contributed by atoms with E-state index in [1.54, 1.807) is 40.1 Å². The average molecular weight is 441 g/mol. The first-order chi connectivity index (χ1) is 15.0. The highest BCUT2D eigenvalue weighted by Gasteiger charge is 2.22. The maximum atomic E-state index is 12.5. The molecule has 0 bridgehead atoms. The van der Waals surface area contributed by atoms with Crippen LogP contribution in [-0.4, -0.2) is 60.4 Å². The van der Waals surface area contributed by atoms with Gasteiger partial charge in [0.25, 0.3) is 0 Å². The zero-order valence-electron chi connectivity index (χ0n) is 17.1. The highest BCUT2D eigenvalue weighted by atomic mass is 35.5. The summed E-state index contributed by atoms with van der Waals surface area (Å²) in [4.78, 5) is 40.3. The number of rotatable bonds is 5. The Morgan fingerprint density at radius 2 is 1.68 bits per heavy atom. The van der Waals surface area contributed by atoms with Gasteiger partial charge in [0.05, 0.1) is 6.54 Å². The molecule has 1 heterocycles. The monoisotopic (exact) mass is 440 g/mol. The Hall–Kier alpha value is -3.32. The number of hydrogen-bond donors (Lipinski definition) is 2. The van der Waals surface area contributed by atoms with E-state index >= 15 is 0 Å². The van der Waals surface area contributed by atoms with Crippen molar-refractivity contribution in [2.75, 3.05) is 38.0 Å². The lowest BCUT2D eigenvalue weighted by Gasteiger charge is -2.22. The summed E-state index contributed by atoms with van der Waals surface area (Å²) in [5.41, 5.74) is 1.54. The maximum Gasteiger partial charge on any atom is 0.321 e. The van der Waals surface area contributed by atoms with Crippen LogP contribution in [0.1, 0.15) is 12.0 Å². The SMILES string of the molecule is O=C(/C=C/c1ccccc1)NCC(=O)N1CCCN(C(=O)Nc2cccc(Cl)c2)CC1. The van der Waals surface area contributed by atoms with Gasteiger partial charge in [0, 0.05) is 43.0 Å². The number of nitrogens with one attached hydrogen (secondary N) is 2. The normalized spacial score (nSPS) is 14.2. The van der Waals surface area contributed by atoms with Gasteiger partial charge in [0.15, 0.2) is 0 Å². The minimum Gasteiger partial charge on any atom is -0.343 e. The topological polar surface area (TPSA) is 81.8 Å². The van der Waals surface area contributed by atoms with Crippen LogP contribution >= 0.6 is 11.6 Å². The number of benzene rings is 2. The second-order valence-electron chi connectivity index (χ2n) is 7.12. The van der Waals surface area contributed by atoms with Gasteiger partial charge in [0.2, 0.25) is 11.8 Å². The van der Waals surface area contributed by atoms with Gasteiger partial charge in [0.1, 0.15) is 0 Å². The largest absolute Gasteiger partial charge is 0.343 e. The van der Waals surface area contributed by atoms with Gasteiger partial charge in [-0.25, -0.2) is 4.79 Å². The van der Waals surface area contributed by atoms with Gasteiger partial charge >= 0.3 is 6.03 Å². The molecule has 0 radical (unpaired) electrons. The van der Waals surface area contributed by atoms with E-state index in [-0.39, 0.29) is 24.4 Å². The predicted molar refractivity (Wildman–Crippen MR) is 122 cm³/mol. The lowest BCUT2D eigenvalue weighted by Crippen LogP contribution is -2.42. The van der Waals surface area contributed by atoms with E-state index in [9.17, 15) is 14.4 Å². The number of amides is 4. The van der Waals surface area contributed by atoms with Crippen LogP contribution in [0.4, 0.5) is 10.5 Å². The Bertz CT molecular complexity index is 949. The molecule has 0 unspecified atom stereocenters. The fraction of sp³-hybridized carbons (Fsp3) is 0.261. The zero-order valence-corrected chi connectivity index (χ0v) is 17.8. The van der Waals surface area contributed by atoms with Gasteiger partial charge in [-0.3, -0.25) is 9.59 Å². The Kier molecular flexibility index (Phi) is 8.06. The summed E-state index contributed by atoms with van der Waals surface area (Å²) in [5, 5.41) is 5.99. The Morgan fingerprint density at radius 1 is 0.935 bits per heavy atom. The van der Waals surface area contributed by atoms with Crippen molar-refractivity contribution in [3.05, 3.63) is 71.3 Å². The van der Waals surface area contributed by atoms with E-state index in [1.165, 1.54) is 6.08 Å². The Morgan fingerprint density at radius 3 is 2.45 bits per heavy atom. The average Bonchev–Trinajstić information content (AvgIpc) is 3.03. The summed E-state index contributed by atoms with van der Waals surface area (Å²) in [7, 11) is 0. The van der Waals surface area contributed by atoms with Gasteiger partial charge in [-0.05, 0) is 36.3 Å². The third kappa shape index (κ3) is 7.15. The molecule has 0 saturated carbocycles. The van der Waals surface area contributed by atoms with Crippen LogP contribution in [0.2, 0.25) is 5.02 Å².